The highest BCUT2D eigenvalue weighted by Gasteiger charge is 2.70. The van der Waals surface area contributed by atoms with Gasteiger partial charge in [0.15, 0.2) is 0 Å². The average molecular weight is 163 g/mol. The standard InChI is InChI=1S/C8H15F2N/c1-3-4-6(2)7(11)5-8(7,9)10/h6H,3-5,11H2,1-2H3. The lowest BCUT2D eigenvalue weighted by atomic mass is 9.95. The zero-order chi connectivity index (χ0) is 8.70. The Balaban J connectivity index is 2.49. The fraction of sp³-hybridized carbons (Fsp3) is 1.00. The molecule has 1 rings (SSSR count). The van der Waals surface area contributed by atoms with Crippen LogP contribution in [0.4, 0.5) is 8.78 Å². The van der Waals surface area contributed by atoms with Crippen LogP contribution in [0.2, 0.25) is 0 Å². The normalized spacial score (nSPS) is 36.8. The van der Waals surface area contributed by atoms with Crippen LogP contribution >= 0.6 is 0 Å². The van der Waals surface area contributed by atoms with Gasteiger partial charge in [-0.2, -0.15) is 0 Å². The summed E-state index contributed by atoms with van der Waals surface area (Å²) in [7, 11) is 0. The molecule has 2 atom stereocenters. The van der Waals surface area contributed by atoms with Crippen LogP contribution in [0.1, 0.15) is 33.1 Å². The number of alkyl halides is 2. The first-order valence-corrected chi connectivity index (χ1v) is 4.11. The minimum Gasteiger partial charge on any atom is -0.320 e. The zero-order valence-corrected chi connectivity index (χ0v) is 7.03. The molecule has 1 aliphatic rings. The molecule has 3 heteroatoms. The molecule has 66 valence electrons. The second kappa shape index (κ2) is 2.41. The summed E-state index contributed by atoms with van der Waals surface area (Å²) in [6.07, 6.45) is 1.60. The van der Waals surface area contributed by atoms with Crippen molar-refractivity contribution in [1.29, 1.82) is 0 Å². The maximum atomic E-state index is 12.6. The van der Waals surface area contributed by atoms with Crippen LogP contribution in [-0.2, 0) is 0 Å². The maximum absolute atomic E-state index is 12.6. The Morgan fingerprint density at radius 3 is 2.27 bits per heavy atom. The van der Waals surface area contributed by atoms with Gasteiger partial charge in [0.05, 0.1) is 5.54 Å². The monoisotopic (exact) mass is 163 g/mol. The molecule has 0 heterocycles. The van der Waals surface area contributed by atoms with E-state index in [-0.39, 0.29) is 12.3 Å². The Kier molecular flexibility index (Phi) is 1.95. The number of nitrogens with two attached hydrogens (primary N) is 1. The van der Waals surface area contributed by atoms with Gasteiger partial charge in [-0.1, -0.05) is 20.3 Å². The van der Waals surface area contributed by atoms with Gasteiger partial charge in [0.2, 0.25) is 0 Å². The van der Waals surface area contributed by atoms with Gasteiger partial charge in [-0.25, -0.2) is 8.78 Å². The summed E-state index contributed by atoms with van der Waals surface area (Å²) in [6.45, 7) is 3.80. The van der Waals surface area contributed by atoms with Crippen molar-refractivity contribution in [3.63, 3.8) is 0 Å². The summed E-state index contributed by atoms with van der Waals surface area (Å²) in [6, 6.07) is 0. The first-order valence-electron chi connectivity index (χ1n) is 4.11. The van der Waals surface area contributed by atoms with Crippen molar-refractivity contribution in [1.82, 2.24) is 0 Å². The predicted molar refractivity (Wildman–Crippen MR) is 40.6 cm³/mol. The highest BCUT2D eigenvalue weighted by molar-refractivity contribution is 5.18. The molecule has 1 aliphatic carbocycles. The smallest absolute Gasteiger partial charge is 0.268 e. The second-order valence-electron chi connectivity index (χ2n) is 3.61. The molecule has 0 aromatic carbocycles. The van der Waals surface area contributed by atoms with E-state index in [4.69, 9.17) is 5.73 Å². The molecule has 0 aromatic rings. The molecular formula is C8H15F2N. The molecule has 0 bridgehead atoms. The van der Waals surface area contributed by atoms with E-state index in [0.717, 1.165) is 12.8 Å². The fourth-order valence-corrected chi connectivity index (χ4v) is 1.55. The van der Waals surface area contributed by atoms with Crippen molar-refractivity contribution in [2.45, 2.75) is 44.6 Å². The van der Waals surface area contributed by atoms with Crippen LogP contribution in [0.15, 0.2) is 0 Å². The average Bonchev–Trinajstić information content (AvgIpc) is 2.35. The summed E-state index contributed by atoms with van der Waals surface area (Å²) < 4.78 is 25.3. The van der Waals surface area contributed by atoms with Gasteiger partial charge in [-0.3, -0.25) is 0 Å². The highest BCUT2D eigenvalue weighted by Crippen LogP contribution is 2.55. The zero-order valence-electron chi connectivity index (χ0n) is 7.03. The quantitative estimate of drug-likeness (QED) is 0.677. The van der Waals surface area contributed by atoms with Gasteiger partial charge in [0.25, 0.3) is 5.92 Å². The van der Waals surface area contributed by atoms with Crippen molar-refractivity contribution in [3.8, 4) is 0 Å². The van der Waals surface area contributed by atoms with Gasteiger partial charge >= 0.3 is 0 Å². The van der Waals surface area contributed by atoms with E-state index in [1.54, 1.807) is 0 Å². The number of halogens is 2. The molecule has 0 spiro atoms. The molecule has 2 N–H and O–H groups in total. The summed E-state index contributed by atoms with van der Waals surface area (Å²) in [4.78, 5) is 0. The lowest BCUT2D eigenvalue weighted by Gasteiger charge is -2.18. The number of hydrogen-bond acceptors (Lipinski definition) is 1. The highest BCUT2D eigenvalue weighted by atomic mass is 19.3. The molecule has 0 aliphatic heterocycles. The third kappa shape index (κ3) is 1.26. The van der Waals surface area contributed by atoms with E-state index in [1.807, 2.05) is 13.8 Å². The number of hydrogen-bond donors (Lipinski definition) is 1. The third-order valence-electron chi connectivity index (χ3n) is 2.67. The topological polar surface area (TPSA) is 26.0 Å². The Bertz CT molecular complexity index is 158. The van der Waals surface area contributed by atoms with Crippen LogP contribution in [0.5, 0.6) is 0 Å². The van der Waals surface area contributed by atoms with Gasteiger partial charge in [-0.05, 0) is 12.3 Å². The minimum atomic E-state index is -2.60. The first kappa shape index (κ1) is 8.91. The summed E-state index contributed by atoms with van der Waals surface area (Å²) in [5, 5.41) is 0. The van der Waals surface area contributed by atoms with Crippen LogP contribution in [0.3, 0.4) is 0 Å². The summed E-state index contributed by atoms with van der Waals surface area (Å²) in [5.74, 6) is -2.65. The molecule has 0 saturated heterocycles. The molecular weight excluding hydrogens is 148 g/mol. The summed E-state index contributed by atoms with van der Waals surface area (Å²) >= 11 is 0. The number of rotatable bonds is 3. The van der Waals surface area contributed by atoms with Crippen LogP contribution < -0.4 is 5.73 Å². The van der Waals surface area contributed by atoms with E-state index < -0.39 is 11.5 Å². The van der Waals surface area contributed by atoms with E-state index in [0.29, 0.717) is 0 Å². The lowest BCUT2D eigenvalue weighted by Crippen LogP contribution is -2.37. The lowest BCUT2D eigenvalue weighted by molar-refractivity contribution is 0.0733. The Hall–Kier alpha value is -0.180. The van der Waals surface area contributed by atoms with Crippen molar-refractivity contribution in [2.24, 2.45) is 11.7 Å². The minimum absolute atomic E-state index is 0.0532. The molecule has 0 aromatic heterocycles. The van der Waals surface area contributed by atoms with E-state index >= 15 is 0 Å². The second-order valence-corrected chi connectivity index (χ2v) is 3.61. The molecule has 2 unspecified atom stereocenters. The van der Waals surface area contributed by atoms with Crippen LogP contribution in [0.25, 0.3) is 0 Å². The molecule has 11 heavy (non-hydrogen) atoms. The van der Waals surface area contributed by atoms with Crippen molar-refractivity contribution in [2.75, 3.05) is 0 Å². The van der Waals surface area contributed by atoms with Gasteiger partial charge in [-0.15, -0.1) is 0 Å². The van der Waals surface area contributed by atoms with Crippen LogP contribution in [0, 0.1) is 5.92 Å². The Labute approximate surface area is 66.0 Å². The first-order chi connectivity index (χ1) is 4.94. The Morgan fingerprint density at radius 1 is 1.55 bits per heavy atom. The fourth-order valence-electron chi connectivity index (χ4n) is 1.55. The molecule has 0 radical (unpaired) electrons. The predicted octanol–water partition coefficient (Wildman–Crippen LogP) is 2.16. The summed E-state index contributed by atoms with van der Waals surface area (Å²) in [5.41, 5.74) is 4.33. The van der Waals surface area contributed by atoms with Gasteiger partial charge in [0.1, 0.15) is 0 Å². The van der Waals surface area contributed by atoms with E-state index in [1.165, 1.54) is 0 Å². The molecule has 1 fully saturated rings. The van der Waals surface area contributed by atoms with E-state index in [9.17, 15) is 8.78 Å². The molecule has 1 saturated carbocycles. The van der Waals surface area contributed by atoms with Gasteiger partial charge < -0.3 is 5.73 Å². The Morgan fingerprint density at radius 2 is 2.00 bits per heavy atom. The largest absolute Gasteiger partial charge is 0.320 e. The van der Waals surface area contributed by atoms with Crippen LogP contribution in [-0.4, -0.2) is 11.5 Å². The van der Waals surface area contributed by atoms with Crippen molar-refractivity contribution in [3.05, 3.63) is 0 Å². The van der Waals surface area contributed by atoms with E-state index in [2.05, 4.69) is 0 Å². The van der Waals surface area contributed by atoms with Crippen molar-refractivity contribution >= 4 is 0 Å². The van der Waals surface area contributed by atoms with Crippen molar-refractivity contribution < 1.29 is 8.78 Å². The van der Waals surface area contributed by atoms with Gasteiger partial charge in [0, 0.05) is 6.42 Å². The molecule has 0 amide bonds. The maximum Gasteiger partial charge on any atom is 0.268 e. The molecule has 1 nitrogen and oxygen atoms in total. The third-order valence-corrected chi connectivity index (χ3v) is 2.67. The SMILES string of the molecule is CCCC(C)C1(N)CC1(F)F.